The van der Waals surface area contributed by atoms with Crippen LogP contribution in [0, 0.1) is 0 Å². The summed E-state index contributed by atoms with van der Waals surface area (Å²) in [6.45, 7) is 4.45. The number of rotatable bonds is 9. The van der Waals surface area contributed by atoms with Crippen LogP contribution in [0.25, 0.3) is 5.69 Å². The third kappa shape index (κ3) is 6.49. The predicted octanol–water partition coefficient (Wildman–Crippen LogP) is 4.97. The number of halogens is 1. The highest BCUT2D eigenvalue weighted by Gasteiger charge is 2.18. The minimum atomic E-state index is -0.420. The molecule has 9 nitrogen and oxygen atoms in total. The van der Waals surface area contributed by atoms with Gasteiger partial charge in [-0.3, -0.25) is 14.5 Å². The summed E-state index contributed by atoms with van der Waals surface area (Å²) < 4.78 is 12.9. The maximum Gasteiger partial charge on any atom is 0.299 e. The molecule has 3 aromatic carbocycles. The largest absolute Gasteiger partial charge is 0.453 e. The first-order valence-corrected chi connectivity index (χ1v) is 14.5. The second-order valence-electron chi connectivity index (χ2n) is 10.4. The van der Waals surface area contributed by atoms with E-state index in [1.807, 2.05) is 12.1 Å². The van der Waals surface area contributed by atoms with Gasteiger partial charge in [0.15, 0.2) is 11.4 Å². The Bertz CT molecular complexity index is 1650. The lowest BCUT2D eigenvalue weighted by Crippen LogP contribution is -2.41. The molecule has 216 valence electrons. The predicted molar refractivity (Wildman–Crippen MR) is 163 cm³/mol. The molecule has 2 aliphatic rings. The number of carbonyl (C=O) groups is 1. The lowest BCUT2D eigenvalue weighted by molar-refractivity contribution is 0.0383. The second-order valence-corrected chi connectivity index (χ2v) is 10.8. The average molecular weight is 586 g/mol. The number of amides is 1. The fourth-order valence-electron chi connectivity index (χ4n) is 5.30. The molecule has 0 unspecified atom stereocenters. The van der Waals surface area contributed by atoms with E-state index in [-0.39, 0.29) is 17.3 Å². The van der Waals surface area contributed by atoms with Gasteiger partial charge in [-0.25, -0.2) is 0 Å². The van der Waals surface area contributed by atoms with Crippen LogP contribution in [0.2, 0.25) is 5.02 Å². The molecule has 0 radical (unpaired) electrons. The molecule has 1 aliphatic carbocycles. The Hall–Kier alpha value is -4.18. The second kappa shape index (κ2) is 12.8. The van der Waals surface area contributed by atoms with Crippen molar-refractivity contribution in [3.05, 3.63) is 105 Å². The van der Waals surface area contributed by atoms with Gasteiger partial charge in [-0.2, -0.15) is 9.78 Å². The maximum atomic E-state index is 13.8. The standard InChI is InChI=1S/C32H32ClN5O4/c33-25-7-3-9-27(20-25)38-32(40)30(29(21-35-38)42-28-11-10-22-4-1-5-23(22)19-28)36-26-8-2-6-24(18-26)31(39)34-12-13-37-14-16-41-17-15-37/h2-3,6-11,18-21,36H,1,4-5,12-17H2,(H,34,39). The summed E-state index contributed by atoms with van der Waals surface area (Å²) in [6, 6.07) is 20.0. The molecule has 10 heteroatoms. The van der Waals surface area contributed by atoms with Crippen LogP contribution in [-0.2, 0) is 17.6 Å². The Morgan fingerprint density at radius 1 is 1.00 bits per heavy atom. The number of benzene rings is 3. The van der Waals surface area contributed by atoms with Crippen molar-refractivity contribution in [3.63, 3.8) is 0 Å². The average Bonchev–Trinajstić information content (AvgIpc) is 3.48. The summed E-state index contributed by atoms with van der Waals surface area (Å²) in [7, 11) is 0. The van der Waals surface area contributed by atoms with Crippen LogP contribution in [0.4, 0.5) is 11.4 Å². The van der Waals surface area contributed by atoms with E-state index in [0.717, 1.165) is 38.9 Å². The normalized spacial score (nSPS) is 14.8. The summed E-state index contributed by atoms with van der Waals surface area (Å²) in [5.41, 5.74) is 3.92. The van der Waals surface area contributed by atoms with Crippen molar-refractivity contribution in [1.29, 1.82) is 0 Å². The van der Waals surface area contributed by atoms with Crippen molar-refractivity contribution in [3.8, 4) is 17.2 Å². The molecule has 1 fully saturated rings. The van der Waals surface area contributed by atoms with Gasteiger partial charge in [0.1, 0.15) is 5.75 Å². The van der Waals surface area contributed by atoms with Gasteiger partial charge in [-0.1, -0.05) is 29.8 Å². The smallest absolute Gasteiger partial charge is 0.299 e. The van der Waals surface area contributed by atoms with Crippen LogP contribution in [0.1, 0.15) is 27.9 Å². The molecule has 6 rings (SSSR count). The van der Waals surface area contributed by atoms with E-state index in [0.29, 0.717) is 47.5 Å². The van der Waals surface area contributed by atoms with Crippen molar-refractivity contribution < 1.29 is 14.3 Å². The van der Waals surface area contributed by atoms with Crippen molar-refractivity contribution in [2.24, 2.45) is 0 Å². The first-order valence-electron chi connectivity index (χ1n) is 14.2. The van der Waals surface area contributed by atoms with Crippen molar-refractivity contribution >= 4 is 28.9 Å². The molecule has 0 saturated carbocycles. The topological polar surface area (TPSA) is 97.7 Å². The Labute approximate surface area is 249 Å². The number of hydrogen-bond donors (Lipinski definition) is 2. The molecule has 4 aromatic rings. The molecule has 1 aromatic heterocycles. The Morgan fingerprint density at radius 3 is 2.69 bits per heavy atom. The van der Waals surface area contributed by atoms with E-state index in [2.05, 4.69) is 26.7 Å². The molecule has 2 heterocycles. The van der Waals surface area contributed by atoms with Crippen molar-refractivity contribution in [1.82, 2.24) is 20.0 Å². The molecule has 42 heavy (non-hydrogen) atoms. The summed E-state index contributed by atoms with van der Waals surface area (Å²) in [5.74, 6) is 0.720. The monoisotopic (exact) mass is 585 g/mol. The highest BCUT2D eigenvalue weighted by molar-refractivity contribution is 6.30. The van der Waals surface area contributed by atoms with Crippen LogP contribution in [0.3, 0.4) is 0 Å². The number of morpholine rings is 1. The number of aromatic nitrogens is 2. The van der Waals surface area contributed by atoms with Gasteiger partial charge in [-0.15, -0.1) is 0 Å². The zero-order chi connectivity index (χ0) is 28.9. The van der Waals surface area contributed by atoms with Gasteiger partial charge in [0, 0.05) is 42.5 Å². The summed E-state index contributed by atoms with van der Waals surface area (Å²) in [4.78, 5) is 29.0. The zero-order valence-electron chi connectivity index (χ0n) is 23.1. The lowest BCUT2D eigenvalue weighted by Gasteiger charge is -2.26. The van der Waals surface area contributed by atoms with Gasteiger partial charge in [0.2, 0.25) is 0 Å². The Morgan fingerprint density at radius 2 is 1.83 bits per heavy atom. The number of anilines is 2. The molecule has 0 spiro atoms. The minimum absolute atomic E-state index is 0.187. The van der Waals surface area contributed by atoms with E-state index in [1.54, 1.807) is 48.5 Å². The molecule has 2 N–H and O–H groups in total. The molecule has 1 saturated heterocycles. The molecule has 0 bridgehead atoms. The summed E-state index contributed by atoms with van der Waals surface area (Å²) in [6.07, 6.45) is 4.71. The number of carbonyl (C=O) groups excluding carboxylic acids is 1. The molecular formula is C32H32ClN5O4. The fourth-order valence-corrected chi connectivity index (χ4v) is 5.48. The van der Waals surface area contributed by atoms with Crippen molar-refractivity contribution in [2.75, 3.05) is 44.7 Å². The number of nitrogens with zero attached hydrogens (tertiary/aromatic N) is 3. The lowest BCUT2D eigenvalue weighted by atomic mass is 10.1. The van der Waals surface area contributed by atoms with E-state index in [9.17, 15) is 9.59 Å². The number of aryl methyl sites for hydroxylation is 2. The van der Waals surface area contributed by atoms with Gasteiger partial charge in [-0.05, 0) is 78.9 Å². The zero-order valence-corrected chi connectivity index (χ0v) is 23.9. The van der Waals surface area contributed by atoms with Crippen LogP contribution in [-0.4, -0.2) is 60.0 Å². The molecular weight excluding hydrogens is 554 g/mol. The number of nitrogens with one attached hydrogen (secondary N) is 2. The van der Waals surface area contributed by atoms with Gasteiger partial charge in [0.05, 0.1) is 25.1 Å². The first kappa shape index (κ1) is 28.0. The van der Waals surface area contributed by atoms with Crippen molar-refractivity contribution in [2.45, 2.75) is 19.3 Å². The molecule has 1 aliphatic heterocycles. The Kier molecular flexibility index (Phi) is 8.50. The van der Waals surface area contributed by atoms with Crippen LogP contribution >= 0.6 is 11.6 Å². The summed E-state index contributed by atoms with van der Waals surface area (Å²) >= 11 is 6.20. The minimum Gasteiger partial charge on any atom is -0.453 e. The number of fused-ring (bicyclic) bond motifs is 1. The molecule has 0 atom stereocenters. The highest BCUT2D eigenvalue weighted by atomic mass is 35.5. The number of ether oxygens (including phenoxy) is 2. The fraction of sp³-hybridized carbons (Fsp3) is 0.281. The van der Waals surface area contributed by atoms with Gasteiger partial charge >= 0.3 is 0 Å². The van der Waals surface area contributed by atoms with Crippen LogP contribution in [0.15, 0.2) is 77.7 Å². The van der Waals surface area contributed by atoms with E-state index >= 15 is 0 Å². The molecule has 1 amide bonds. The first-order chi connectivity index (χ1) is 20.5. The summed E-state index contributed by atoms with van der Waals surface area (Å²) in [5, 5.41) is 11.1. The van der Waals surface area contributed by atoms with Gasteiger partial charge < -0.3 is 20.1 Å². The SMILES string of the molecule is O=C(NCCN1CCOCC1)c1cccc(Nc2c(Oc3ccc4c(c3)CCC4)cnn(-c3cccc(Cl)c3)c2=O)c1. The Balaban J connectivity index is 1.26. The quantitative estimate of drug-likeness (QED) is 0.286. The third-order valence-corrected chi connectivity index (χ3v) is 7.74. The van der Waals surface area contributed by atoms with E-state index < -0.39 is 5.56 Å². The highest BCUT2D eigenvalue weighted by Crippen LogP contribution is 2.32. The van der Waals surface area contributed by atoms with Crippen LogP contribution < -0.4 is 20.9 Å². The van der Waals surface area contributed by atoms with Crippen LogP contribution in [0.5, 0.6) is 11.5 Å². The van der Waals surface area contributed by atoms with Gasteiger partial charge in [0.25, 0.3) is 11.5 Å². The van der Waals surface area contributed by atoms with E-state index in [1.165, 1.54) is 22.0 Å². The number of hydrogen-bond acceptors (Lipinski definition) is 7. The third-order valence-electron chi connectivity index (χ3n) is 7.51. The maximum absolute atomic E-state index is 13.8. The van der Waals surface area contributed by atoms with E-state index in [4.69, 9.17) is 21.1 Å².